The van der Waals surface area contributed by atoms with Gasteiger partial charge in [0, 0.05) is 20.1 Å². The second kappa shape index (κ2) is 5.13. The minimum Gasteiger partial charge on any atom is -0.397 e. The van der Waals surface area contributed by atoms with E-state index in [1.54, 1.807) is 0 Å². The van der Waals surface area contributed by atoms with Crippen molar-refractivity contribution >= 4 is 48.9 Å². The van der Waals surface area contributed by atoms with E-state index in [-0.39, 0.29) is 11.4 Å². The number of nitrogens with one attached hydrogen (secondary N) is 1. The number of fused-ring (bicyclic) bond motifs is 1. The van der Waals surface area contributed by atoms with Crippen LogP contribution < -0.4 is 11.1 Å². The average Bonchev–Trinajstić information content (AvgIpc) is 2.66. The number of nitrogen functional groups attached to an aromatic ring is 1. The summed E-state index contributed by atoms with van der Waals surface area (Å²) in [5.74, 6) is -0.0957. The summed E-state index contributed by atoms with van der Waals surface area (Å²) in [6.07, 6.45) is 0.870. The fourth-order valence-corrected chi connectivity index (χ4v) is 3.07. The van der Waals surface area contributed by atoms with Crippen molar-refractivity contribution in [3.8, 4) is 0 Å². The molecule has 0 saturated heterocycles. The molecule has 0 bridgehead atoms. The summed E-state index contributed by atoms with van der Waals surface area (Å²) >= 11 is 4.86. The molecule has 1 aromatic carbocycles. The van der Waals surface area contributed by atoms with Crippen LogP contribution in [0.4, 0.5) is 5.69 Å². The highest BCUT2D eigenvalue weighted by atomic mass is 79.9. The van der Waals surface area contributed by atoms with Gasteiger partial charge < -0.3 is 11.1 Å². The number of anilines is 1. The number of nitrogens with two attached hydrogens (primary N) is 1. The molecule has 1 aromatic heterocycles. The van der Waals surface area contributed by atoms with Gasteiger partial charge in [-0.1, -0.05) is 22.9 Å². The van der Waals surface area contributed by atoms with Gasteiger partial charge >= 0.3 is 0 Å². The van der Waals surface area contributed by atoms with Crippen LogP contribution in [0.2, 0.25) is 0 Å². The van der Waals surface area contributed by atoms with Crippen molar-refractivity contribution in [2.45, 2.75) is 32.7 Å². The molecule has 3 nitrogen and oxygen atoms in total. The Labute approximate surface area is 125 Å². The molecule has 0 radical (unpaired) electrons. The standard InChI is InChI=1S/C14H17BrN2OS/c1-4-14(2,3)17-13(18)12-11(16)9-7-8(15)5-6-10(9)19-12/h5-7H,4,16H2,1-3H3,(H,17,18). The molecule has 0 aliphatic carbocycles. The molecule has 0 fully saturated rings. The maximum Gasteiger partial charge on any atom is 0.263 e. The van der Waals surface area contributed by atoms with Crippen LogP contribution in [0.15, 0.2) is 22.7 Å². The number of carbonyl (C=O) groups excluding carboxylic acids is 1. The number of amides is 1. The maximum absolute atomic E-state index is 12.3. The third-order valence-electron chi connectivity index (χ3n) is 3.23. The number of hydrogen-bond acceptors (Lipinski definition) is 3. The van der Waals surface area contributed by atoms with Crippen LogP contribution in [0.1, 0.15) is 36.9 Å². The fourth-order valence-electron chi connectivity index (χ4n) is 1.71. The average molecular weight is 341 g/mol. The first-order valence-electron chi connectivity index (χ1n) is 6.14. The second-order valence-electron chi connectivity index (χ2n) is 5.18. The smallest absolute Gasteiger partial charge is 0.263 e. The monoisotopic (exact) mass is 340 g/mol. The van der Waals surface area contributed by atoms with Crippen LogP contribution in [-0.2, 0) is 0 Å². The molecule has 0 unspecified atom stereocenters. The fraction of sp³-hybridized carbons (Fsp3) is 0.357. The van der Waals surface area contributed by atoms with E-state index in [1.165, 1.54) is 11.3 Å². The Bertz CT molecular complexity index is 634. The van der Waals surface area contributed by atoms with E-state index in [2.05, 4.69) is 21.2 Å². The van der Waals surface area contributed by atoms with Gasteiger partial charge in [0.2, 0.25) is 0 Å². The lowest BCUT2D eigenvalue weighted by molar-refractivity contribution is 0.0916. The van der Waals surface area contributed by atoms with E-state index in [1.807, 2.05) is 39.0 Å². The molecule has 0 saturated carbocycles. The summed E-state index contributed by atoms with van der Waals surface area (Å²) in [6, 6.07) is 5.88. The Balaban J connectivity index is 2.40. The zero-order valence-electron chi connectivity index (χ0n) is 11.2. The molecule has 0 aliphatic rings. The van der Waals surface area contributed by atoms with Crippen LogP contribution in [0.25, 0.3) is 10.1 Å². The number of hydrogen-bond donors (Lipinski definition) is 2. The number of thiophene rings is 1. The van der Waals surface area contributed by atoms with Crippen molar-refractivity contribution in [1.82, 2.24) is 5.32 Å². The predicted molar refractivity (Wildman–Crippen MR) is 85.8 cm³/mol. The summed E-state index contributed by atoms with van der Waals surface area (Å²) in [5.41, 5.74) is 6.44. The number of carbonyl (C=O) groups is 1. The third kappa shape index (κ3) is 2.92. The lowest BCUT2D eigenvalue weighted by Gasteiger charge is -2.24. The molecular formula is C14H17BrN2OS. The summed E-state index contributed by atoms with van der Waals surface area (Å²) in [4.78, 5) is 12.9. The molecule has 1 heterocycles. The van der Waals surface area contributed by atoms with Crippen molar-refractivity contribution < 1.29 is 4.79 Å². The zero-order valence-corrected chi connectivity index (χ0v) is 13.6. The van der Waals surface area contributed by atoms with Crippen molar-refractivity contribution in [2.75, 3.05) is 5.73 Å². The van der Waals surface area contributed by atoms with E-state index in [0.717, 1.165) is 21.0 Å². The zero-order chi connectivity index (χ0) is 14.2. The quantitative estimate of drug-likeness (QED) is 0.881. The van der Waals surface area contributed by atoms with Crippen LogP contribution in [0.5, 0.6) is 0 Å². The van der Waals surface area contributed by atoms with Gasteiger partial charge in [-0.15, -0.1) is 11.3 Å². The minimum atomic E-state index is -0.222. The van der Waals surface area contributed by atoms with Crippen molar-refractivity contribution in [3.05, 3.63) is 27.5 Å². The molecule has 5 heteroatoms. The van der Waals surface area contributed by atoms with Crippen molar-refractivity contribution in [3.63, 3.8) is 0 Å². The van der Waals surface area contributed by atoms with Gasteiger partial charge in [-0.3, -0.25) is 4.79 Å². The highest BCUT2D eigenvalue weighted by Gasteiger charge is 2.22. The summed E-state index contributed by atoms with van der Waals surface area (Å²) in [5, 5.41) is 3.95. The van der Waals surface area contributed by atoms with E-state index in [0.29, 0.717) is 10.6 Å². The SMILES string of the molecule is CCC(C)(C)NC(=O)c1sc2ccc(Br)cc2c1N. The molecule has 0 atom stereocenters. The van der Waals surface area contributed by atoms with Gasteiger partial charge in [-0.05, 0) is 38.5 Å². The molecule has 19 heavy (non-hydrogen) atoms. The summed E-state index contributed by atoms with van der Waals surface area (Å²) < 4.78 is 1.99. The normalized spacial score (nSPS) is 11.8. The predicted octanol–water partition coefficient (Wildman–Crippen LogP) is 4.16. The molecule has 2 aromatic rings. The maximum atomic E-state index is 12.3. The number of benzene rings is 1. The number of rotatable bonds is 3. The largest absolute Gasteiger partial charge is 0.397 e. The van der Waals surface area contributed by atoms with E-state index < -0.39 is 0 Å². The second-order valence-corrected chi connectivity index (χ2v) is 7.14. The van der Waals surface area contributed by atoms with Gasteiger partial charge in [0.25, 0.3) is 5.91 Å². The molecule has 0 aliphatic heterocycles. The first kappa shape index (κ1) is 14.3. The molecular weight excluding hydrogens is 324 g/mol. The Morgan fingerprint density at radius 3 is 2.79 bits per heavy atom. The van der Waals surface area contributed by atoms with E-state index >= 15 is 0 Å². The van der Waals surface area contributed by atoms with Crippen molar-refractivity contribution in [1.29, 1.82) is 0 Å². The van der Waals surface area contributed by atoms with Gasteiger partial charge in [0.15, 0.2) is 0 Å². The molecule has 2 rings (SSSR count). The van der Waals surface area contributed by atoms with Gasteiger partial charge in [-0.2, -0.15) is 0 Å². The Morgan fingerprint density at radius 1 is 1.47 bits per heavy atom. The summed E-state index contributed by atoms with van der Waals surface area (Å²) in [7, 11) is 0. The van der Waals surface area contributed by atoms with Gasteiger partial charge in [-0.25, -0.2) is 0 Å². The van der Waals surface area contributed by atoms with Gasteiger partial charge in [0.1, 0.15) is 4.88 Å². The molecule has 1 amide bonds. The molecule has 3 N–H and O–H groups in total. The lowest BCUT2D eigenvalue weighted by Crippen LogP contribution is -2.42. The van der Waals surface area contributed by atoms with Crippen LogP contribution in [-0.4, -0.2) is 11.4 Å². The Kier molecular flexibility index (Phi) is 3.87. The topological polar surface area (TPSA) is 55.1 Å². The van der Waals surface area contributed by atoms with Crippen LogP contribution >= 0.6 is 27.3 Å². The van der Waals surface area contributed by atoms with E-state index in [4.69, 9.17) is 5.73 Å². The highest BCUT2D eigenvalue weighted by molar-refractivity contribution is 9.10. The Hall–Kier alpha value is -1.07. The Morgan fingerprint density at radius 2 is 2.16 bits per heavy atom. The highest BCUT2D eigenvalue weighted by Crippen LogP contribution is 2.35. The molecule has 0 spiro atoms. The van der Waals surface area contributed by atoms with Crippen LogP contribution in [0.3, 0.4) is 0 Å². The van der Waals surface area contributed by atoms with Crippen molar-refractivity contribution in [2.24, 2.45) is 0 Å². The summed E-state index contributed by atoms with van der Waals surface area (Å²) in [6.45, 7) is 6.06. The number of halogens is 1. The minimum absolute atomic E-state index is 0.0957. The van der Waals surface area contributed by atoms with Gasteiger partial charge in [0.05, 0.1) is 5.69 Å². The third-order valence-corrected chi connectivity index (χ3v) is 4.91. The molecule has 102 valence electrons. The van der Waals surface area contributed by atoms with Crippen LogP contribution in [0, 0.1) is 0 Å². The van der Waals surface area contributed by atoms with E-state index in [9.17, 15) is 4.79 Å². The first-order valence-corrected chi connectivity index (χ1v) is 7.75. The first-order chi connectivity index (χ1) is 8.84. The lowest BCUT2D eigenvalue weighted by atomic mass is 10.0.